The highest BCUT2D eigenvalue weighted by molar-refractivity contribution is 5.90. The van der Waals surface area contributed by atoms with Crippen LogP contribution in [0.2, 0.25) is 0 Å². The van der Waals surface area contributed by atoms with E-state index in [2.05, 4.69) is 20.8 Å². The summed E-state index contributed by atoms with van der Waals surface area (Å²) in [7, 11) is 0. The van der Waals surface area contributed by atoms with Crippen molar-refractivity contribution in [3.63, 3.8) is 0 Å². The summed E-state index contributed by atoms with van der Waals surface area (Å²) in [5.74, 6) is -0.451. The number of carbonyl (C=O) groups is 2. The van der Waals surface area contributed by atoms with Gasteiger partial charge in [0.1, 0.15) is 12.4 Å². The van der Waals surface area contributed by atoms with Gasteiger partial charge in [-0.25, -0.2) is 4.79 Å². The third-order valence-electron chi connectivity index (χ3n) is 8.41. The summed E-state index contributed by atoms with van der Waals surface area (Å²) >= 11 is 0. The molecule has 172 valence electrons. The molecular weight excluding hydrogens is 404 g/mol. The van der Waals surface area contributed by atoms with Crippen LogP contribution in [-0.4, -0.2) is 41.3 Å². The molecule has 0 heterocycles. The van der Waals surface area contributed by atoms with Crippen molar-refractivity contribution in [1.82, 2.24) is 0 Å². The predicted molar refractivity (Wildman–Crippen MR) is 122 cm³/mol. The molecule has 2 N–H and O–H groups in total. The van der Waals surface area contributed by atoms with Crippen LogP contribution in [0.25, 0.3) is 0 Å². The van der Waals surface area contributed by atoms with Crippen LogP contribution in [0.3, 0.4) is 0 Å². The van der Waals surface area contributed by atoms with E-state index in [4.69, 9.17) is 4.74 Å². The number of benzene rings is 1. The van der Waals surface area contributed by atoms with Crippen molar-refractivity contribution in [2.75, 3.05) is 6.61 Å². The topological polar surface area (TPSA) is 83.8 Å². The van der Waals surface area contributed by atoms with Gasteiger partial charge in [-0.3, -0.25) is 4.79 Å². The summed E-state index contributed by atoms with van der Waals surface area (Å²) in [6, 6.07) is 8.78. The fourth-order valence-corrected chi connectivity index (χ4v) is 6.22. The Balaban J connectivity index is 1.76. The number of fused-ring (bicyclic) bond motifs is 3. The van der Waals surface area contributed by atoms with Gasteiger partial charge in [-0.15, -0.1) is 0 Å². The van der Waals surface area contributed by atoms with Gasteiger partial charge in [-0.2, -0.15) is 0 Å². The highest BCUT2D eigenvalue weighted by atomic mass is 16.5. The van der Waals surface area contributed by atoms with Gasteiger partial charge in [-0.1, -0.05) is 50.1 Å². The molecule has 0 bridgehead atoms. The molecule has 32 heavy (non-hydrogen) atoms. The number of hydrogen-bond donors (Lipinski definition) is 2. The summed E-state index contributed by atoms with van der Waals surface area (Å²) in [6.07, 6.45) is 5.03. The number of aliphatic hydroxyl groups excluding tert-OH is 2. The molecule has 4 rings (SSSR count). The number of esters is 1. The van der Waals surface area contributed by atoms with Crippen molar-refractivity contribution in [2.45, 2.75) is 65.1 Å². The van der Waals surface area contributed by atoms with Crippen molar-refractivity contribution in [2.24, 2.45) is 22.7 Å². The molecule has 0 saturated heterocycles. The zero-order chi connectivity index (χ0) is 23.1. The van der Waals surface area contributed by atoms with E-state index < -0.39 is 23.6 Å². The van der Waals surface area contributed by atoms with E-state index in [9.17, 15) is 19.8 Å². The minimum absolute atomic E-state index is 0.0162. The molecule has 6 atom stereocenters. The lowest BCUT2D eigenvalue weighted by Crippen LogP contribution is -2.46. The molecule has 1 fully saturated rings. The van der Waals surface area contributed by atoms with Crippen LogP contribution < -0.4 is 0 Å². The highest BCUT2D eigenvalue weighted by Gasteiger charge is 2.55. The van der Waals surface area contributed by atoms with Gasteiger partial charge in [0.15, 0.2) is 0 Å². The van der Waals surface area contributed by atoms with Crippen LogP contribution in [0.5, 0.6) is 0 Å². The Kier molecular flexibility index (Phi) is 6.17. The summed E-state index contributed by atoms with van der Waals surface area (Å²) in [6.45, 7) is 6.52. The third-order valence-corrected chi connectivity index (χ3v) is 8.41. The van der Waals surface area contributed by atoms with Gasteiger partial charge in [0.25, 0.3) is 0 Å². The summed E-state index contributed by atoms with van der Waals surface area (Å²) < 4.78 is 5.89. The molecule has 0 aliphatic heterocycles. The zero-order valence-corrected chi connectivity index (χ0v) is 19.2. The third kappa shape index (κ3) is 3.75. The first-order valence-electron chi connectivity index (χ1n) is 11.7. The normalized spacial score (nSPS) is 35.3. The first kappa shape index (κ1) is 22.9. The van der Waals surface area contributed by atoms with Gasteiger partial charge in [0, 0.05) is 23.5 Å². The summed E-state index contributed by atoms with van der Waals surface area (Å²) in [4.78, 5) is 24.8. The van der Waals surface area contributed by atoms with Gasteiger partial charge >= 0.3 is 5.97 Å². The van der Waals surface area contributed by atoms with Crippen LogP contribution in [0, 0.1) is 22.7 Å². The summed E-state index contributed by atoms with van der Waals surface area (Å²) in [5, 5.41) is 21.2. The van der Waals surface area contributed by atoms with Crippen LogP contribution in [0.1, 0.15) is 63.2 Å². The Morgan fingerprint density at radius 3 is 2.59 bits per heavy atom. The molecular formula is C27H34O5. The second kappa shape index (κ2) is 8.60. The van der Waals surface area contributed by atoms with E-state index in [1.165, 1.54) is 11.1 Å². The quantitative estimate of drug-likeness (QED) is 0.408. The van der Waals surface area contributed by atoms with E-state index in [0.717, 1.165) is 25.7 Å². The maximum atomic E-state index is 12.8. The van der Waals surface area contributed by atoms with Gasteiger partial charge in [0.2, 0.25) is 0 Å². The monoisotopic (exact) mass is 438 g/mol. The van der Waals surface area contributed by atoms with Crippen LogP contribution in [0.4, 0.5) is 0 Å². The fourth-order valence-electron chi connectivity index (χ4n) is 6.22. The van der Waals surface area contributed by atoms with Gasteiger partial charge in [0.05, 0.1) is 11.7 Å². The highest BCUT2D eigenvalue weighted by Crippen LogP contribution is 2.63. The van der Waals surface area contributed by atoms with Crippen molar-refractivity contribution in [3.8, 4) is 0 Å². The van der Waals surface area contributed by atoms with Crippen LogP contribution in [-0.2, 0) is 9.53 Å². The molecule has 5 nitrogen and oxygen atoms in total. The lowest BCUT2D eigenvalue weighted by atomic mass is 9.54. The fraction of sp³-hybridized carbons (Fsp3) is 0.556. The lowest BCUT2D eigenvalue weighted by molar-refractivity contribution is -0.105. The van der Waals surface area contributed by atoms with E-state index >= 15 is 0 Å². The minimum atomic E-state index is -0.809. The predicted octanol–water partition coefficient (Wildman–Crippen LogP) is 4.24. The Hall–Kier alpha value is -2.24. The first-order valence-corrected chi connectivity index (χ1v) is 11.7. The average molecular weight is 439 g/mol. The van der Waals surface area contributed by atoms with Crippen molar-refractivity contribution >= 4 is 12.3 Å². The molecule has 1 saturated carbocycles. The maximum absolute atomic E-state index is 12.8. The van der Waals surface area contributed by atoms with Gasteiger partial charge in [-0.05, 0) is 61.6 Å². The number of allylic oxidation sites excluding steroid dienone is 1. The molecule has 2 unspecified atom stereocenters. The number of aldehydes is 1. The molecule has 0 amide bonds. The van der Waals surface area contributed by atoms with E-state index in [0.29, 0.717) is 23.8 Å². The SMILES string of the molecule is CC(CO)C1=C2C3C[C@@H](OC(=O)c4ccccc4)C(C=O)=C[C@H](O)[C@]3(C)CC[C@@]2(C)CC1. The second-order valence-electron chi connectivity index (χ2n) is 10.4. The van der Waals surface area contributed by atoms with Crippen molar-refractivity contribution in [1.29, 1.82) is 0 Å². The van der Waals surface area contributed by atoms with Crippen molar-refractivity contribution in [3.05, 3.63) is 58.7 Å². The van der Waals surface area contributed by atoms with Crippen LogP contribution in [0.15, 0.2) is 53.1 Å². The number of rotatable bonds is 5. The molecule has 0 radical (unpaired) electrons. The largest absolute Gasteiger partial charge is 0.454 e. The molecule has 1 aromatic rings. The number of hydrogen-bond acceptors (Lipinski definition) is 5. The maximum Gasteiger partial charge on any atom is 0.338 e. The molecule has 3 aliphatic rings. The molecule has 0 aromatic heterocycles. The van der Waals surface area contributed by atoms with Crippen molar-refractivity contribution < 1.29 is 24.5 Å². The number of ether oxygens (including phenoxy) is 1. The Bertz CT molecular complexity index is 948. The lowest BCUT2D eigenvalue weighted by Gasteiger charge is -2.51. The Labute approximate surface area is 190 Å². The Morgan fingerprint density at radius 1 is 1.22 bits per heavy atom. The molecule has 3 aliphatic carbocycles. The van der Waals surface area contributed by atoms with E-state index in [1.807, 2.05) is 6.07 Å². The smallest absolute Gasteiger partial charge is 0.338 e. The second-order valence-corrected chi connectivity index (χ2v) is 10.4. The zero-order valence-electron chi connectivity index (χ0n) is 19.2. The number of aliphatic hydroxyl groups is 2. The number of carbonyl (C=O) groups excluding carboxylic acids is 2. The Morgan fingerprint density at radius 2 is 1.94 bits per heavy atom. The average Bonchev–Trinajstić information content (AvgIpc) is 3.11. The molecule has 5 heteroatoms. The minimum Gasteiger partial charge on any atom is -0.454 e. The molecule has 1 aromatic carbocycles. The van der Waals surface area contributed by atoms with Gasteiger partial charge < -0.3 is 14.9 Å². The van der Waals surface area contributed by atoms with E-state index in [-0.39, 0.29) is 23.9 Å². The van der Waals surface area contributed by atoms with Crippen LogP contribution >= 0.6 is 0 Å². The molecule has 0 spiro atoms. The summed E-state index contributed by atoms with van der Waals surface area (Å²) in [5.41, 5.74) is 2.92. The standard InChI is InChI=1S/C27H34O5/c1-17(15-28)20-9-10-26(2)11-12-27(3)21(24(20)26)14-22(19(16-29)13-23(27)30)32-25(31)18-7-5-4-6-8-18/h4-8,13,16-17,21-23,28,30H,9-12,14-15H2,1-3H3/t17?,21?,22-,23+,26-,27-/m1/s1. The first-order chi connectivity index (χ1) is 15.2. The van der Waals surface area contributed by atoms with E-state index in [1.54, 1.807) is 30.3 Å².